The normalized spacial score (nSPS) is 15.5. The lowest BCUT2D eigenvalue weighted by Gasteiger charge is -2.31. The van der Waals surface area contributed by atoms with E-state index in [1.807, 2.05) is 30.0 Å². The molecule has 0 aliphatic carbocycles. The van der Waals surface area contributed by atoms with Gasteiger partial charge < -0.3 is 4.90 Å². The first-order chi connectivity index (χ1) is 12.6. The minimum Gasteiger partial charge on any atom is -0.342 e. The zero-order valence-corrected chi connectivity index (χ0v) is 14.7. The number of nitrogens with one attached hydrogen (secondary N) is 1. The molecule has 1 aliphatic rings. The molecule has 0 unspecified atom stereocenters. The van der Waals surface area contributed by atoms with E-state index in [4.69, 9.17) is 0 Å². The molecule has 0 radical (unpaired) electrons. The number of carbonyl (C=O) groups excluding carboxylic acids is 1. The monoisotopic (exact) mass is 351 g/mol. The van der Waals surface area contributed by atoms with Crippen LogP contribution in [0.2, 0.25) is 0 Å². The van der Waals surface area contributed by atoms with Crippen molar-refractivity contribution < 1.29 is 4.79 Å². The van der Waals surface area contributed by atoms with Crippen molar-refractivity contribution in [3.05, 3.63) is 64.0 Å². The van der Waals surface area contributed by atoms with E-state index in [0.29, 0.717) is 25.2 Å². The number of nitrogens with zero attached hydrogens (tertiary/aromatic N) is 4. The summed E-state index contributed by atoms with van der Waals surface area (Å²) in [5, 5.41) is 2.99. The second-order valence-electron chi connectivity index (χ2n) is 6.85. The predicted molar refractivity (Wildman–Crippen MR) is 97.0 cm³/mol. The number of fused-ring (bicyclic) bond motifs is 1. The number of aromatic nitrogens is 4. The molecule has 1 fully saturated rings. The summed E-state index contributed by atoms with van der Waals surface area (Å²) in [6.45, 7) is 3.29. The minimum atomic E-state index is -0.0896. The Morgan fingerprint density at radius 2 is 2.12 bits per heavy atom. The molecule has 4 rings (SSSR count). The number of amides is 1. The molecule has 3 aromatic rings. The van der Waals surface area contributed by atoms with Gasteiger partial charge in [-0.15, -0.1) is 0 Å². The Morgan fingerprint density at radius 3 is 2.85 bits per heavy atom. The third kappa shape index (κ3) is 3.24. The summed E-state index contributed by atoms with van der Waals surface area (Å²) in [6, 6.07) is 7.25. The number of aryl methyl sites for hydroxylation is 1. The quantitative estimate of drug-likeness (QED) is 0.778. The molecular formula is C19H21N5O2. The number of pyridine rings is 1. The van der Waals surface area contributed by atoms with Crippen LogP contribution in [0.5, 0.6) is 0 Å². The molecule has 3 aromatic heterocycles. The highest BCUT2D eigenvalue weighted by Gasteiger charge is 2.25. The van der Waals surface area contributed by atoms with Gasteiger partial charge in [0, 0.05) is 49.2 Å². The van der Waals surface area contributed by atoms with Gasteiger partial charge in [-0.1, -0.05) is 6.07 Å². The second-order valence-corrected chi connectivity index (χ2v) is 6.85. The summed E-state index contributed by atoms with van der Waals surface area (Å²) in [7, 11) is 0. The highest BCUT2D eigenvalue weighted by atomic mass is 16.2. The van der Waals surface area contributed by atoms with Gasteiger partial charge in [-0.25, -0.2) is 9.50 Å². The number of hydrogen-bond donors (Lipinski definition) is 1. The van der Waals surface area contributed by atoms with Crippen molar-refractivity contribution in [3.8, 4) is 0 Å². The van der Waals surface area contributed by atoms with E-state index in [0.717, 1.165) is 29.8 Å². The molecule has 1 amide bonds. The van der Waals surface area contributed by atoms with E-state index in [1.165, 1.54) is 4.52 Å². The van der Waals surface area contributed by atoms with Crippen LogP contribution < -0.4 is 5.56 Å². The fourth-order valence-corrected chi connectivity index (χ4v) is 3.55. The molecule has 1 N–H and O–H groups in total. The molecule has 0 atom stereocenters. The SMILES string of the molecule is Cc1cc2nc(C3CCN(C(=O)Cc4cccnc4)CC3)cc(=O)n2[nH]1. The fourth-order valence-electron chi connectivity index (χ4n) is 3.55. The van der Waals surface area contributed by atoms with Crippen LogP contribution in [0.4, 0.5) is 0 Å². The van der Waals surface area contributed by atoms with Crippen molar-refractivity contribution in [2.45, 2.75) is 32.1 Å². The zero-order chi connectivity index (χ0) is 18.1. The summed E-state index contributed by atoms with van der Waals surface area (Å²) in [4.78, 5) is 35.3. The number of aromatic amines is 1. The van der Waals surface area contributed by atoms with E-state index in [-0.39, 0.29) is 17.4 Å². The number of H-pyrrole nitrogens is 1. The molecule has 0 saturated carbocycles. The number of rotatable bonds is 3. The molecule has 0 bridgehead atoms. The maximum Gasteiger partial charge on any atom is 0.272 e. The first kappa shape index (κ1) is 16.5. The zero-order valence-electron chi connectivity index (χ0n) is 14.7. The summed E-state index contributed by atoms with van der Waals surface area (Å²) in [6.07, 6.45) is 5.47. The van der Waals surface area contributed by atoms with Gasteiger partial charge in [-0.05, 0) is 31.4 Å². The smallest absolute Gasteiger partial charge is 0.272 e. The van der Waals surface area contributed by atoms with E-state index in [2.05, 4.69) is 15.1 Å². The third-order valence-corrected chi connectivity index (χ3v) is 4.94. The Morgan fingerprint density at radius 1 is 1.31 bits per heavy atom. The van der Waals surface area contributed by atoms with E-state index < -0.39 is 0 Å². The van der Waals surface area contributed by atoms with Crippen LogP contribution in [0.25, 0.3) is 5.65 Å². The van der Waals surface area contributed by atoms with Crippen LogP contribution in [0, 0.1) is 6.92 Å². The number of hydrogen-bond acceptors (Lipinski definition) is 4. The Kier molecular flexibility index (Phi) is 4.28. The average molecular weight is 351 g/mol. The lowest BCUT2D eigenvalue weighted by Crippen LogP contribution is -2.39. The third-order valence-electron chi connectivity index (χ3n) is 4.94. The van der Waals surface area contributed by atoms with Gasteiger partial charge in [-0.2, -0.15) is 0 Å². The highest BCUT2D eigenvalue weighted by Crippen LogP contribution is 2.26. The lowest BCUT2D eigenvalue weighted by atomic mass is 9.93. The van der Waals surface area contributed by atoms with Crippen LogP contribution in [0.3, 0.4) is 0 Å². The number of likely N-dealkylation sites (tertiary alicyclic amines) is 1. The van der Waals surface area contributed by atoms with E-state index in [1.54, 1.807) is 18.5 Å². The molecule has 4 heterocycles. The summed E-state index contributed by atoms with van der Waals surface area (Å²) < 4.78 is 1.46. The highest BCUT2D eigenvalue weighted by molar-refractivity contribution is 5.78. The molecule has 7 heteroatoms. The van der Waals surface area contributed by atoms with Crippen LogP contribution in [0.15, 0.2) is 41.5 Å². The first-order valence-corrected chi connectivity index (χ1v) is 8.86. The fraction of sp³-hybridized carbons (Fsp3) is 0.368. The molecule has 1 saturated heterocycles. The van der Waals surface area contributed by atoms with Crippen LogP contribution in [-0.4, -0.2) is 43.5 Å². The minimum absolute atomic E-state index is 0.0896. The van der Waals surface area contributed by atoms with Crippen molar-refractivity contribution in [2.24, 2.45) is 0 Å². The van der Waals surface area contributed by atoms with Crippen molar-refractivity contribution in [3.63, 3.8) is 0 Å². The van der Waals surface area contributed by atoms with Gasteiger partial charge in [0.1, 0.15) is 0 Å². The van der Waals surface area contributed by atoms with E-state index in [9.17, 15) is 9.59 Å². The molecule has 26 heavy (non-hydrogen) atoms. The molecule has 0 aromatic carbocycles. The first-order valence-electron chi connectivity index (χ1n) is 8.86. The van der Waals surface area contributed by atoms with Gasteiger partial charge in [-0.3, -0.25) is 19.7 Å². The molecule has 134 valence electrons. The Labute approximate surface area is 150 Å². The topological polar surface area (TPSA) is 83.4 Å². The van der Waals surface area contributed by atoms with Gasteiger partial charge in [0.15, 0.2) is 5.65 Å². The van der Waals surface area contributed by atoms with Gasteiger partial charge in [0.25, 0.3) is 5.56 Å². The van der Waals surface area contributed by atoms with Crippen LogP contribution in [-0.2, 0) is 11.2 Å². The van der Waals surface area contributed by atoms with Gasteiger partial charge in [0.2, 0.25) is 5.91 Å². The van der Waals surface area contributed by atoms with Crippen LogP contribution in [0.1, 0.15) is 35.7 Å². The predicted octanol–water partition coefficient (Wildman–Crippen LogP) is 1.67. The molecular weight excluding hydrogens is 330 g/mol. The lowest BCUT2D eigenvalue weighted by molar-refractivity contribution is -0.131. The Bertz CT molecular complexity index is 984. The van der Waals surface area contributed by atoms with Crippen molar-refractivity contribution in [1.29, 1.82) is 0 Å². The van der Waals surface area contributed by atoms with Crippen LogP contribution >= 0.6 is 0 Å². The second kappa shape index (κ2) is 6.74. The summed E-state index contributed by atoms with van der Waals surface area (Å²) >= 11 is 0. The Balaban J connectivity index is 1.43. The molecule has 1 aliphatic heterocycles. The average Bonchev–Trinajstić information content (AvgIpc) is 3.03. The maximum atomic E-state index is 12.5. The van der Waals surface area contributed by atoms with Crippen molar-refractivity contribution in [1.82, 2.24) is 24.5 Å². The van der Waals surface area contributed by atoms with E-state index >= 15 is 0 Å². The largest absolute Gasteiger partial charge is 0.342 e. The molecule has 0 spiro atoms. The van der Waals surface area contributed by atoms with Crippen molar-refractivity contribution >= 4 is 11.6 Å². The standard InChI is InChI=1S/C19H21N5O2/c1-13-9-17-21-16(11-19(26)24(17)22-13)15-4-7-23(8-5-15)18(25)10-14-3-2-6-20-12-14/h2-3,6,9,11-12,15,22H,4-5,7-8,10H2,1H3. The molecule has 7 nitrogen and oxygen atoms in total. The number of piperidine rings is 1. The Hall–Kier alpha value is -2.96. The maximum absolute atomic E-state index is 12.5. The van der Waals surface area contributed by atoms with Crippen molar-refractivity contribution in [2.75, 3.05) is 13.1 Å². The van der Waals surface area contributed by atoms with Gasteiger partial charge >= 0.3 is 0 Å². The summed E-state index contributed by atoms with van der Waals surface area (Å²) in [5.74, 6) is 0.339. The number of carbonyl (C=O) groups is 1. The summed E-state index contributed by atoms with van der Waals surface area (Å²) in [5.41, 5.74) is 3.23. The van der Waals surface area contributed by atoms with Gasteiger partial charge in [0.05, 0.1) is 12.1 Å².